The minimum Gasteiger partial charge on any atom is -0.494 e. The molecule has 2 aromatic rings. The van der Waals surface area contributed by atoms with Crippen molar-refractivity contribution in [3.8, 4) is 11.5 Å². The molecule has 0 heterocycles. The normalized spacial score (nSPS) is 10.1. The van der Waals surface area contributed by atoms with E-state index in [-0.39, 0.29) is 5.56 Å². The summed E-state index contributed by atoms with van der Waals surface area (Å²) in [6.07, 6.45) is 0.927. The Hall–Kier alpha value is -2.36. The van der Waals surface area contributed by atoms with Crippen molar-refractivity contribution < 1.29 is 18.7 Å². The Labute approximate surface area is 117 Å². The molecule has 0 unspecified atom stereocenters. The molecule has 0 N–H and O–H groups in total. The standard InChI is InChI=1S/C16H15FO3/c1-2-10-19-14-6-8-15(9-7-14)20-16(18)12-4-3-5-13(17)11-12/h3-9,11H,2,10H2,1H3. The average molecular weight is 274 g/mol. The molecule has 0 atom stereocenters. The van der Waals surface area contributed by atoms with Crippen LogP contribution >= 0.6 is 0 Å². The molecule has 104 valence electrons. The molecule has 4 heteroatoms. The molecule has 0 radical (unpaired) electrons. The van der Waals surface area contributed by atoms with Crippen molar-refractivity contribution in [1.82, 2.24) is 0 Å². The Balaban J connectivity index is 2.01. The Bertz CT molecular complexity index is 579. The van der Waals surface area contributed by atoms with Crippen molar-refractivity contribution in [2.24, 2.45) is 0 Å². The van der Waals surface area contributed by atoms with Crippen LogP contribution in [0.5, 0.6) is 11.5 Å². The van der Waals surface area contributed by atoms with Crippen LogP contribution in [0.15, 0.2) is 48.5 Å². The summed E-state index contributed by atoms with van der Waals surface area (Å²) >= 11 is 0. The molecule has 20 heavy (non-hydrogen) atoms. The first-order valence-electron chi connectivity index (χ1n) is 6.39. The third-order valence-corrected chi connectivity index (χ3v) is 2.57. The number of hydrogen-bond donors (Lipinski definition) is 0. The van der Waals surface area contributed by atoms with Crippen molar-refractivity contribution in [2.45, 2.75) is 13.3 Å². The summed E-state index contributed by atoms with van der Waals surface area (Å²) in [5.41, 5.74) is 0.177. The zero-order valence-electron chi connectivity index (χ0n) is 11.1. The molecule has 0 aliphatic carbocycles. The van der Waals surface area contributed by atoms with Gasteiger partial charge < -0.3 is 9.47 Å². The highest BCUT2D eigenvalue weighted by molar-refractivity contribution is 5.91. The minimum atomic E-state index is -0.591. The maximum absolute atomic E-state index is 13.0. The number of benzene rings is 2. The SMILES string of the molecule is CCCOc1ccc(OC(=O)c2cccc(F)c2)cc1. The molecule has 0 amide bonds. The molecule has 0 saturated heterocycles. The molecule has 2 rings (SSSR count). The van der Waals surface area contributed by atoms with Gasteiger partial charge in [-0.1, -0.05) is 13.0 Å². The summed E-state index contributed by atoms with van der Waals surface area (Å²) in [6, 6.07) is 12.1. The fourth-order valence-electron chi connectivity index (χ4n) is 1.61. The lowest BCUT2D eigenvalue weighted by Gasteiger charge is -2.07. The van der Waals surface area contributed by atoms with E-state index in [1.165, 1.54) is 18.2 Å². The molecule has 0 aromatic heterocycles. The maximum Gasteiger partial charge on any atom is 0.343 e. The average Bonchev–Trinajstić information content (AvgIpc) is 2.46. The second kappa shape index (κ2) is 6.70. The Morgan fingerprint density at radius 3 is 2.45 bits per heavy atom. The van der Waals surface area contributed by atoms with Crippen LogP contribution in [-0.2, 0) is 0 Å². The summed E-state index contributed by atoms with van der Waals surface area (Å²) in [6.45, 7) is 2.66. The third kappa shape index (κ3) is 3.82. The molecule has 0 spiro atoms. The molecule has 2 aromatic carbocycles. The van der Waals surface area contributed by atoms with Crippen LogP contribution in [0.2, 0.25) is 0 Å². The van der Waals surface area contributed by atoms with E-state index in [2.05, 4.69) is 0 Å². The van der Waals surface area contributed by atoms with Crippen molar-refractivity contribution >= 4 is 5.97 Å². The van der Waals surface area contributed by atoms with E-state index in [0.29, 0.717) is 12.4 Å². The predicted molar refractivity (Wildman–Crippen MR) is 73.6 cm³/mol. The Morgan fingerprint density at radius 2 is 1.80 bits per heavy atom. The van der Waals surface area contributed by atoms with Crippen molar-refractivity contribution in [1.29, 1.82) is 0 Å². The third-order valence-electron chi connectivity index (χ3n) is 2.57. The lowest BCUT2D eigenvalue weighted by molar-refractivity contribution is 0.0734. The number of esters is 1. The van der Waals surface area contributed by atoms with Crippen molar-refractivity contribution in [3.63, 3.8) is 0 Å². The summed E-state index contributed by atoms with van der Waals surface area (Å²) in [5, 5.41) is 0. The first kappa shape index (κ1) is 14.1. The minimum absolute atomic E-state index is 0.177. The van der Waals surface area contributed by atoms with E-state index in [1.807, 2.05) is 6.92 Å². The maximum atomic E-state index is 13.0. The molecule has 0 aliphatic heterocycles. The van der Waals surface area contributed by atoms with E-state index in [0.717, 1.165) is 18.2 Å². The summed E-state index contributed by atoms with van der Waals surface area (Å²) in [7, 11) is 0. The summed E-state index contributed by atoms with van der Waals surface area (Å²) in [4.78, 5) is 11.8. The van der Waals surface area contributed by atoms with Crippen LogP contribution in [0.4, 0.5) is 4.39 Å². The van der Waals surface area contributed by atoms with Crippen LogP contribution in [0, 0.1) is 5.82 Å². The molecule has 0 aliphatic rings. The highest BCUT2D eigenvalue weighted by Crippen LogP contribution is 2.19. The molecule has 0 bridgehead atoms. The lowest BCUT2D eigenvalue weighted by Crippen LogP contribution is -2.08. The van der Waals surface area contributed by atoms with Gasteiger partial charge in [0.2, 0.25) is 0 Å². The second-order valence-corrected chi connectivity index (χ2v) is 4.22. The van der Waals surface area contributed by atoms with E-state index in [9.17, 15) is 9.18 Å². The van der Waals surface area contributed by atoms with Gasteiger partial charge in [-0.2, -0.15) is 0 Å². The Morgan fingerprint density at radius 1 is 1.10 bits per heavy atom. The monoisotopic (exact) mass is 274 g/mol. The van der Waals surface area contributed by atoms with Gasteiger partial charge in [-0.3, -0.25) is 0 Å². The number of carbonyl (C=O) groups is 1. The molecule has 0 saturated carbocycles. The van der Waals surface area contributed by atoms with Gasteiger partial charge in [0.15, 0.2) is 0 Å². The van der Waals surface area contributed by atoms with Gasteiger partial charge >= 0.3 is 5.97 Å². The summed E-state index contributed by atoms with van der Waals surface area (Å²) in [5.74, 6) is 0.0509. The second-order valence-electron chi connectivity index (χ2n) is 4.22. The number of hydrogen-bond acceptors (Lipinski definition) is 3. The number of carbonyl (C=O) groups excluding carboxylic acids is 1. The van der Waals surface area contributed by atoms with E-state index < -0.39 is 11.8 Å². The van der Waals surface area contributed by atoms with Crippen LogP contribution in [0.25, 0.3) is 0 Å². The smallest absolute Gasteiger partial charge is 0.343 e. The van der Waals surface area contributed by atoms with Crippen molar-refractivity contribution in [3.05, 3.63) is 59.9 Å². The van der Waals surface area contributed by atoms with Gasteiger partial charge in [0.25, 0.3) is 0 Å². The Kier molecular flexibility index (Phi) is 4.71. The van der Waals surface area contributed by atoms with Gasteiger partial charge in [-0.05, 0) is 48.9 Å². The number of rotatable bonds is 5. The van der Waals surface area contributed by atoms with Crippen molar-refractivity contribution in [2.75, 3.05) is 6.61 Å². The number of halogens is 1. The fraction of sp³-hybridized carbons (Fsp3) is 0.188. The largest absolute Gasteiger partial charge is 0.494 e. The van der Waals surface area contributed by atoms with Crippen LogP contribution in [0.1, 0.15) is 23.7 Å². The first-order chi connectivity index (χ1) is 9.69. The van der Waals surface area contributed by atoms with Gasteiger partial charge in [0, 0.05) is 0 Å². The number of ether oxygens (including phenoxy) is 2. The molecular formula is C16H15FO3. The van der Waals surface area contributed by atoms with Gasteiger partial charge in [-0.25, -0.2) is 9.18 Å². The van der Waals surface area contributed by atoms with E-state index >= 15 is 0 Å². The van der Waals surface area contributed by atoms with Crippen LogP contribution < -0.4 is 9.47 Å². The zero-order valence-corrected chi connectivity index (χ0v) is 11.1. The molecule has 0 fully saturated rings. The molecular weight excluding hydrogens is 259 g/mol. The highest BCUT2D eigenvalue weighted by Gasteiger charge is 2.09. The van der Waals surface area contributed by atoms with Gasteiger partial charge in [0.05, 0.1) is 12.2 Å². The first-order valence-corrected chi connectivity index (χ1v) is 6.39. The van der Waals surface area contributed by atoms with Crippen LogP contribution in [0.3, 0.4) is 0 Å². The molecule has 3 nitrogen and oxygen atoms in total. The topological polar surface area (TPSA) is 35.5 Å². The van der Waals surface area contributed by atoms with E-state index in [1.54, 1.807) is 24.3 Å². The lowest BCUT2D eigenvalue weighted by atomic mass is 10.2. The highest BCUT2D eigenvalue weighted by atomic mass is 19.1. The zero-order chi connectivity index (χ0) is 14.4. The fourth-order valence-corrected chi connectivity index (χ4v) is 1.61. The quantitative estimate of drug-likeness (QED) is 0.614. The van der Waals surface area contributed by atoms with Gasteiger partial charge in [-0.15, -0.1) is 0 Å². The van der Waals surface area contributed by atoms with Gasteiger partial charge in [0.1, 0.15) is 17.3 Å². The predicted octanol–water partition coefficient (Wildman–Crippen LogP) is 3.83. The summed E-state index contributed by atoms with van der Waals surface area (Å²) < 4.78 is 23.6. The van der Waals surface area contributed by atoms with Crippen LogP contribution in [-0.4, -0.2) is 12.6 Å². The van der Waals surface area contributed by atoms with E-state index in [4.69, 9.17) is 9.47 Å².